The van der Waals surface area contributed by atoms with E-state index in [9.17, 15) is 27.3 Å². The third-order valence-corrected chi connectivity index (χ3v) is 4.97. The molecule has 15 heteroatoms. The highest BCUT2D eigenvalue weighted by Crippen LogP contribution is 2.35. The molecule has 1 aromatic heterocycles. The summed E-state index contributed by atoms with van der Waals surface area (Å²) in [7, 11) is -1.65. The number of nitrogens with zero attached hydrogens (tertiary/aromatic N) is 3. The van der Waals surface area contributed by atoms with Gasteiger partial charge in [-0.2, -0.15) is 13.2 Å². The van der Waals surface area contributed by atoms with Crippen molar-refractivity contribution in [3.8, 4) is 0 Å². The lowest BCUT2D eigenvalue weighted by Crippen LogP contribution is -2.24. The third-order valence-electron chi connectivity index (χ3n) is 3.48. The van der Waals surface area contributed by atoms with E-state index in [2.05, 4.69) is 30.3 Å². The molecule has 0 radical (unpaired) electrons. The fraction of sp³-hybridized carbons (Fsp3) is 0.357. The largest absolute Gasteiger partial charge is 0.419 e. The molecule has 1 atom stereocenters. The molecule has 2 rings (SSSR count). The maximum Gasteiger partial charge on any atom is 0.419 e. The van der Waals surface area contributed by atoms with Crippen molar-refractivity contribution < 1.29 is 36.5 Å². The van der Waals surface area contributed by atoms with Gasteiger partial charge in [-0.05, 0) is 28.5 Å². The fourth-order valence-corrected chi connectivity index (χ4v) is 2.67. The molecule has 10 nitrogen and oxygen atoms in total. The Balaban J connectivity index is 2.19. The van der Waals surface area contributed by atoms with Gasteiger partial charge < -0.3 is 9.84 Å². The predicted molar refractivity (Wildman–Crippen MR) is 93.9 cm³/mol. The van der Waals surface area contributed by atoms with Crippen molar-refractivity contribution >= 4 is 24.9 Å². The molecule has 1 unspecified atom stereocenters. The Labute approximate surface area is 161 Å². The number of halogens is 4. The van der Waals surface area contributed by atoms with Gasteiger partial charge in [-0.3, -0.25) is 15.3 Å². The van der Waals surface area contributed by atoms with Crippen molar-refractivity contribution in [3.05, 3.63) is 35.3 Å². The Hall–Kier alpha value is -2.54. The second-order valence-electron chi connectivity index (χ2n) is 5.56. The van der Waals surface area contributed by atoms with Gasteiger partial charge in [-0.1, -0.05) is 0 Å². The summed E-state index contributed by atoms with van der Waals surface area (Å²) in [5.74, 6) is -1.87. The van der Waals surface area contributed by atoms with Gasteiger partial charge in [0.1, 0.15) is 5.82 Å². The summed E-state index contributed by atoms with van der Waals surface area (Å²) in [4.78, 5) is 3.78. The number of nitrogens with one attached hydrogen (secondary N) is 3. The van der Waals surface area contributed by atoms with Crippen LogP contribution in [0.15, 0.2) is 27.8 Å². The topological polar surface area (TPSA) is 134 Å². The zero-order valence-electron chi connectivity index (χ0n) is 15.1. The number of hydrogen-bond acceptors (Lipinski definition) is 8. The molecule has 0 spiro atoms. The Morgan fingerprint density at radius 1 is 1.34 bits per heavy atom. The van der Waals surface area contributed by atoms with Gasteiger partial charge >= 0.3 is 6.18 Å². The van der Waals surface area contributed by atoms with Crippen LogP contribution in [0, 0.1) is 5.82 Å². The summed E-state index contributed by atoms with van der Waals surface area (Å²) in [5.41, 5.74) is -0.294. The number of hydrogen-bond donors (Lipinski definition) is 4. The molecule has 0 fully saturated rings. The Morgan fingerprint density at radius 2 is 2.07 bits per heavy atom. The molecule has 0 aliphatic heterocycles. The molecule has 0 bridgehead atoms. The van der Waals surface area contributed by atoms with E-state index in [1.807, 2.05) is 0 Å². The van der Waals surface area contributed by atoms with Crippen LogP contribution in [0.1, 0.15) is 11.3 Å². The van der Waals surface area contributed by atoms with Crippen LogP contribution >= 0.6 is 7.52 Å². The van der Waals surface area contributed by atoms with Crippen LogP contribution in [0.3, 0.4) is 0 Å². The van der Waals surface area contributed by atoms with E-state index in [-0.39, 0.29) is 30.3 Å². The van der Waals surface area contributed by atoms with Gasteiger partial charge in [-0.15, -0.1) is 0 Å². The zero-order chi connectivity index (χ0) is 21.7. The monoisotopic (exact) mass is 440 g/mol. The average Bonchev–Trinajstić information content (AvgIpc) is 3.12. The van der Waals surface area contributed by atoms with Gasteiger partial charge in [-0.25, -0.2) is 19.1 Å². The first-order chi connectivity index (χ1) is 13.6. The SMILES string of the molecule is COP(C)(=O)NCCNc1nonc1C(=Nc1ccc(F)c(C(F)(F)F)c1)NO. The normalized spacial score (nSPS) is 14.5. The summed E-state index contributed by atoms with van der Waals surface area (Å²) in [6, 6.07) is 2.05. The summed E-state index contributed by atoms with van der Waals surface area (Å²) >= 11 is 0. The first-order valence-electron chi connectivity index (χ1n) is 7.88. The van der Waals surface area contributed by atoms with Crippen molar-refractivity contribution in [1.29, 1.82) is 0 Å². The highest BCUT2D eigenvalue weighted by Gasteiger charge is 2.34. The maximum atomic E-state index is 13.4. The third kappa shape index (κ3) is 6.22. The number of alkyl halides is 3. The Kier molecular flexibility index (Phi) is 7.30. The van der Waals surface area contributed by atoms with Crippen LogP contribution in [0.2, 0.25) is 0 Å². The van der Waals surface area contributed by atoms with Gasteiger partial charge in [0.25, 0.3) is 7.52 Å². The van der Waals surface area contributed by atoms with E-state index in [0.29, 0.717) is 12.1 Å². The minimum atomic E-state index is -4.92. The average molecular weight is 440 g/mol. The minimum Gasteiger partial charge on any atom is -0.364 e. The molecule has 0 aliphatic rings. The second-order valence-corrected chi connectivity index (χ2v) is 7.93. The van der Waals surface area contributed by atoms with E-state index < -0.39 is 30.9 Å². The van der Waals surface area contributed by atoms with E-state index in [1.54, 1.807) is 5.48 Å². The van der Waals surface area contributed by atoms with Gasteiger partial charge in [0.05, 0.1) is 11.3 Å². The molecule has 1 aromatic carbocycles. The van der Waals surface area contributed by atoms with Crippen molar-refractivity contribution in [1.82, 2.24) is 20.9 Å². The first-order valence-corrected chi connectivity index (χ1v) is 9.95. The number of amidine groups is 1. The lowest BCUT2D eigenvalue weighted by Gasteiger charge is -2.12. The minimum absolute atomic E-state index is 0.00592. The van der Waals surface area contributed by atoms with E-state index >= 15 is 0 Å². The lowest BCUT2D eigenvalue weighted by molar-refractivity contribution is -0.139. The van der Waals surface area contributed by atoms with E-state index in [0.717, 1.165) is 6.07 Å². The molecule has 0 saturated carbocycles. The lowest BCUT2D eigenvalue weighted by atomic mass is 10.2. The molecule has 0 aliphatic carbocycles. The van der Waals surface area contributed by atoms with Crippen LogP contribution in [-0.4, -0.2) is 48.2 Å². The highest BCUT2D eigenvalue weighted by atomic mass is 31.2. The van der Waals surface area contributed by atoms with Gasteiger partial charge in [0, 0.05) is 26.9 Å². The molecule has 0 saturated heterocycles. The molecular weight excluding hydrogens is 423 g/mol. The molecular formula is C14H17F4N6O4P. The Bertz CT molecular complexity index is 920. The number of rotatable bonds is 8. The maximum absolute atomic E-state index is 13.4. The molecule has 1 heterocycles. The van der Waals surface area contributed by atoms with Crippen molar-refractivity contribution in [2.75, 3.05) is 32.2 Å². The zero-order valence-corrected chi connectivity index (χ0v) is 16.0. The van der Waals surface area contributed by atoms with Crippen LogP contribution < -0.4 is 15.9 Å². The molecule has 2 aromatic rings. The molecule has 4 N–H and O–H groups in total. The van der Waals surface area contributed by atoms with Crippen LogP contribution in [-0.2, 0) is 15.3 Å². The predicted octanol–water partition coefficient (Wildman–Crippen LogP) is 2.76. The first kappa shape index (κ1) is 22.7. The van der Waals surface area contributed by atoms with Crippen LogP contribution in [0.4, 0.5) is 29.1 Å². The van der Waals surface area contributed by atoms with Crippen molar-refractivity contribution in [3.63, 3.8) is 0 Å². The molecule has 29 heavy (non-hydrogen) atoms. The van der Waals surface area contributed by atoms with Gasteiger partial charge in [0.2, 0.25) is 5.82 Å². The van der Waals surface area contributed by atoms with Crippen molar-refractivity contribution in [2.24, 2.45) is 4.99 Å². The van der Waals surface area contributed by atoms with Crippen LogP contribution in [0.5, 0.6) is 0 Å². The number of aliphatic imine (C=N–C) groups is 1. The Morgan fingerprint density at radius 3 is 2.69 bits per heavy atom. The summed E-state index contributed by atoms with van der Waals surface area (Å²) in [5, 5.41) is 21.8. The standard InChI is InChI=1S/C14H17F4N6O4P/c1-27-29(2,26)20-6-5-19-12-11(23-28-24-12)13(22-25)21-8-3-4-10(15)9(7-8)14(16,17)18/h3-4,7,25H,5-6H2,1-2H3,(H,19,24)(H,20,26)(H,21,22). The summed E-state index contributed by atoms with van der Waals surface area (Å²) in [6.07, 6.45) is -4.92. The van der Waals surface area contributed by atoms with Crippen LogP contribution in [0.25, 0.3) is 0 Å². The van der Waals surface area contributed by atoms with Crippen molar-refractivity contribution in [2.45, 2.75) is 6.18 Å². The second kappa shape index (κ2) is 9.31. The fourth-order valence-electron chi connectivity index (χ4n) is 2.02. The molecule has 0 amide bonds. The smallest absolute Gasteiger partial charge is 0.364 e. The van der Waals surface area contributed by atoms with Gasteiger partial charge in [0.15, 0.2) is 11.5 Å². The quantitative estimate of drug-likeness (QED) is 0.122. The molecule has 160 valence electrons. The highest BCUT2D eigenvalue weighted by molar-refractivity contribution is 7.56. The number of hydroxylamine groups is 1. The number of aromatic nitrogens is 2. The number of anilines is 1. The summed E-state index contributed by atoms with van der Waals surface area (Å²) < 4.78 is 72.9. The summed E-state index contributed by atoms with van der Waals surface area (Å²) in [6.45, 7) is 1.75. The number of benzene rings is 1. The van der Waals surface area contributed by atoms with E-state index in [1.165, 1.54) is 13.8 Å². The van der Waals surface area contributed by atoms with E-state index in [4.69, 9.17) is 4.52 Å².